The number of hydrogen-bond acceptors (Lipinski definition) is 6. The third-order valence-corrected chi connectivity index (χ3v) is 3.80. The smallest absolute Gasteiger partial charge is 0.326 e. The lowest BCUT2D eigenvalue weighted by atomic mass is 9.99. The maximum absolute atomic E-state index is 12.1. The number of carbonyl (C=O) groups excluding carboxylic acids is 1. The van der Waals surface area contributed by atoms with E-state index < -0.39 is 5.54 Å². The Labute approximate surface area is 124 Å². The first-order chi connectivity index (χ1) is 9.62. The normalized spacial score (nSPS) is 13.8. The minimum Gasteiger partial charge on any atom is -0.465 e. The monoisotopic (exact) mass is 297 g/mol. The van der Waals surface area contributed by atoms with Gasteiger partial charge < -0.3 is 10.1 Å². The molecule has 0 saturated carbocycles. The molecule has 1 aromatic heterocycles. The SMILES string of the molecule is CCCNC(C)(CCSc1cnccn1)C(=O)OCC. The van der Waals surface area contributed by atoms with Gasteiger partial charge in [-0.15, -0.1) is 11.8 Å². The Morgan fingerprint density at radius 3 is 2.85 bits per heavy atom. The Morgan fingerprint density at radius 2 is 2.25 bits per heavy atom. The van der Waals surface area contributed by atoms with Gasteiger partial charge in [-0.3, -0.25) is 9.78 Å². The summed E-state index contributed by atoms with van der Waals surface area (Å²) in [5, 5.41) is 4.16. The van der Waals surface area contributed by atoms with Gasteiger partial charge in [0.05, 0.1) is 12.8 Å². The lowest BCUT2D eigenvalue weighted by molar-refractivity contribution is -0.150. The van der Waals surface area contributed by atoms with Gasteiger partial charge in [-0.25, -0.2) is 4.98 Å². The summed E-state index contributed by atoms with van der Waals surface area (Å²) < 4.78 is 5.17. The molecule has 0 fully saturated rings. The molecule has 5 nitrogen and oxygen atoms in total. The average molecular weight is 297 g/mol. The van der Waals surface area contributed by atoms with Gasteiger partial charge in [0.1, 0.15) is 10.6 Å². The number of nitrogens with zero attached hydrogens (tertiary/aromatic N) is 2. The molecule has 1 rings (SSSR count). The highest BCUT2D eigenvalue weighted by atomic mass is 32.2. The molecule has 0 spiro atoms. The van der Waals surface area contributed by atoms with Crippen LogP contribution in [-0.2, 0) is 9.53 Å². The van der Waals surface area contributed by atoms with Crippen molar-refractivity contribution in [3.8, 4) is 0 Å². The molecular formula is C14H23N3O2S. The molecule has 0 aromatic carbocycles. The Bertz CT molecular complexity index is 403. The molecule has 0 aliphatic rings. The molecule has 0 aliphatic heterocycles. The van der Waals surface area contributed by atoms with E-state index in [0.29, 0.717) is 13.0 Å². The summed E-state index contributed by atoms with van der Waals surface area (Å²) in [7, 11) is 0. The van der Waals surface area contributed by atoms with E-state index in [1.54, 1.807) is 30.4 Å². The predicted molar refractivity (Wildman–Crippen MR) is 80.7 cm³/mol. The van der Waals surface area contributed by atoms with Crippen molar-refractivity contribution in [1.29, 1.82) is 0 Å². The topological polar surface area (TPSA) is 64.1 Å². The molecule has 0 radical (unpaired) electrons. The number of thioether (sulfide) groups is 1. The first kappa shape index (κ1) is 16.9. The second-order valence-electron chi connectivity index (χ2n) is 4.62. The first-order valence-corrected chi connectivity index (χ1v) is 7.92. The number of hydrogen-bond donors (Lipinski definition) is 1. The average Bonchev–Trinajstić information content (AvgIpc) is 2.46. The molecule has 1 atom stereocenters. The van der Waals surface area contributed by atoms with E-state index in [1.165, 1.54) is 0 Å². The van der Waals surface area contributed by atoms with Crippen molar-refractivity contribution < 1.29 is 9.53 Å². The molecule has 1 heterocycles. The fourth-order valence-electron chi connectivity index (χ4n) is 1.67. The molecule has 20 heavy (non-hydrogen) atoms. The molecular weight excluding hydrogens is 274 g/mol. The van der Waals surface area contributed by atoms with Crippen LogP contribution in [0.4, 0.5) is 0 Å². The van der Waals surface area contributed by atoms with Crippen molar-refractivity contribution in [2.24, 2.45) is 0 Å². The van der Waals surface area contributed by atoms with E-state index in [2.05, 4.69) is 22.2 Å². The van der Waals surface area contributed by atoms with Crippen molar-refractivity contribution >= 4 is 17.7 Å². The van der Waals surface area contributed by atoms with Gasteiger partial charge in [0.25, 0.3) is 0 Å². The second kappa shape index (κ2) is 8.92. The first-order valence-electron chi connectivity index (χ1n) is 6.93. The van der Waals surface area contributed by atoms with Crippen LogP contribution < -0.4 is 5.32 Å². The molecule has 0 aliphatic carbocycles. The fourth-order valence-corrected chi connectivity index (χ4v) is 2.66. The van der Waals surface area contributed by atoms with Crippen LogP contribution in [0.1, 0.15) is 33.6 Å². The molecule has 0 saturated heterocycles. The molecule has 1 N–H and O–H groups in total. The zero-order valence-electron chi connectivity index (χ0n) is 12.4. The number of aromatic nitrogens is 2. The van der Waals surface area contributed by atoms with Crippen LogP contribution in [0.15, 0.2) is 23.6 Å². The van der Waals surface area contributed by atoms with Crippen LogP contribution in [0.3, 0.4) is 0 Å². The highest BCUT2D eigenvalue weighted by Crippen LogP contribution is 2.20. The Balaban J connectivity index is 2.53. The van der Waals surface area contributed by atoms with Crippen molar-refractivity contribution in [1.82, 2.24) is 15.3 Å². The lowest BCUT2D eigenvalue weighted by Gasteiger charge is -2.28. The summed E-state index contributed by atoms with van der Waals surface area (Å²) in [5.74, 6) is 0.596. The van der Waals surface area contributed by atoms with E-state index in [0.717, 1.165) is 23.7 Å². The molecule has 1 aromatic rings. The summed E-state index contributed by atoms with van der Waals surface area (Å²) >= 11 is 1.59. The summed E-state index contributed by atoms with van der Waals surface area (Å²) in [5.41, 5.74) is -0.638. The highest BCUT2D eigenvalue weighted by molar-refractivity contribution is 7.99. The summed E-state index contributed by atoms with van der Waals surface area (Å²) in [6.07, 6.45) is 6.71. The number of carbonyl (C=O) groups is 1. The third-order valence-electron chi connectivity index (χ3n) is 2.88. The van der Waals surface area contributed by atoms with E-state index in [-0.39, 0.29) is 5.97 Å². The maximum atomic E-state index is 12.1. The molecule has 112 valence electrons. The maximum Gasteiger partial charge on any atom is 0.326 e. The number of rotatable bonds is 9. The van der Waals surface area contributed by atoms with Crippen LogP contribution in [0.25, 0.3) is 0 Å². The molecule has 0 amide bonds. The van der Waals surface area contributed by atoms with Crippen molar-refractivity contribution in [3.05, 3.63) is 18.6 Å². The van der Waals surface area contributed by atoms with Crippen LogP contribution in [0, 0.1) is 0 Å². The minimum absolute atomic E-state index is 0.187. The van der Waals surface area contributed by atoms with Crippen LogP contribution in [-0.4, -0.2) is 40.4 Å². The third kappa shape index (κ3) is 5.46. The van der Waals surface area contributed by atoms with Crippen molar-refractivity contribution in [2.45, 2.75) is 44.2 Å². The van der Waals surface area contributed by atoms with Crippen molar-refractivity contribution in [3.63, 3.8) is 0 Å². The largest absolute Gasteiger partial charge is 0.465 e. The van der Waals surface area contributed by atoms with E-state index in [4.69, 9.17) is 4.74 Å². The fraction of sp³-hybridized carbons (Fsp3) is 0.643. The van der Waals surface area contributed by atoms with Gasteiger partial charge >= 0.3 is 5.97 Å². The quantitative estimate of drug-likeness (QED) is 0.557. The summed E-state index contributed by atoms with van der Waals surface area (Å²) in [4.78, 5) is 20.3. The summed E-state index contributed by atoms with van der Waals surface area (Å²) in [6, 6.07) is 0. The minimum atomic E-state index is -0.638. The lowest BCUT2D eigenvalue weighted by Crippen LogP contribution is -2.51. The van der Waals surface area contributed by atoms with Gasteiger partial charge in [-0.1, -0.05) is 6.92 Å². The van der Waals surface area contributed by atoms with Crippen LogP contribution >= 0.6 is 11.8 Å². The standard InChI is InChI=1S/C14H23N3O2S/c1-4-7-17-14(3,13(18)19-5-2)6-10-20-12-11-15-8-9-16-12/h8-9,11,17H,4-7,10H2,1-3H3. The molecule has 6 heteroatoms. The number of nitrogens with one attached hydrogen (secondary N) is 1. The van der Waals surface area contributed by atoms with Crippen molar-refractivity contribution in [2.75, 3.05) is 18.9 Å². The zero-order chi connectivity index (χ0) is 14.8. The molecule has 1 unspecified atom stereocenters. The van der Waals surface area contributed by atoms with E-state index in [1.807, 2.05) is 13.8 Å². The van der Waals surface area contributed by atoms with Gasteiger partial charge in [-0.05, 0) is 33.2 Å². The van der Waals surface area contributed by atoms with E-state index in [9.17, 15) is 4.79 Å². The van der Waals surface area contributed by atoms with Crippen LogP contribution in [0.5, 0.6) is 0 Å². The molecule has 0 bridgehead atoms. The zero-order valence-corrected chi connectivity index (χ0v) is 13.2. The van der Waals surface area contributed by atoms with Gasteiger partial charge in [0.15, 0.2) is 0 Å². The number of esters is 1. The van der Waals surface area contributed by atoms with Gasteiger partial charge in [-0.2, -0.15) is 0 Å². The number of ether oxygens (including phenoxy) is 1. The summed E-state index contributed by atoms with van der Waals surface area (Å²) in [6.45, 7) is 7.00. The second-order valence-corrected chi connectivity index (χ2v) is 5.74. The van der Waals surface area contributed by atoms with Gasteiger partial charge in [0.2, 0.25) is 0 Å². The Kier molecular flexibility index (Phi) is 7.54. The Hall–Kier alpha value is -1.14. The van der Waals surface area contributed by atoms with E-state index >= 15 is 0 Å². The highest BCUT2D eigenvalue weighted by Gasteiger charge is 2.33. The predicted octanol–water partition coefficient (Wildman–Crippen LogP) is 2.28. The van der Waals surface area contributed by atoms with Gasteiger partial charge in [0, 0.05) is 18.1 Å². The van der Waals surface area contributed by atoms with Crippen LogP contribution in [0.2, 0.25) is 0 Å². The Morgan fingerprint density at radius 1 is 1.45 bits per heavy atom.